The van der Waals surface area contributed by atoms with Crippen molar-refractivity contribution in [3.8, 4) is 33.4 Å². The van der Waals surface area contributed by atoms with Gasteiger partial charge in [0.25, 0.3) is 6.71 Å². The summed E-state index contributed by atoms with van der Waals surface area (Å²) >= 11 is 0. The summed E-state index contributed by atoms with van der Waals surface area (Å²) < 4.78 is 0. The minimum atomic E-state index is -0.105. The van der Waals surface area contributed by atoms with Crippen molar-refractivity contribution in [2.45, 2.75) is 136 Å². The average Bonchev–Trinajstić information content (AvgIpc) is 3.31. The second-order valence-corrected chi connectivity index (χ2v) is 27.0. The van der Waals surface area contributed by atoms with Crippen LogP contribution in [0.15, 0.2) is 194 Å². The van der Waals surface area contributed by atoms with Crippen LogP contribution in [0.25, 0.3) is 33.4 Å². The van der Waals surface area contributed by atoms with Gasteiger partial charge in [-0.2, -0.15) is 0 Å². The fraction of sp³-hybridized carbons (Fsp3) is 0.280. The fourth-order valence-corrected chi connectivity index (χ4v) is 14.3. The van der Waals surface area contributed by atoms with E-state index in [1.807, 2.05) is 0 Å². The van der Waals surface area contributed by atoms with Crippen LogP contribution in [0.4, 0.5) is 45.5 Å². The Hall–Kier alpha value is -7.56. The predicted octanol–water partition coefficient (Wildman–Crippen LogP) is 18.7. The molecule has 394 valence electrons. The van der Waals surface area contributed by atoms with E-state index in [1.54, 1.807) is 0 Å². The molecule has 2 unspecified atom stereocenters. The third-order valence-electron chi connectivity index (χ3n) is 18.9. The molecule has 0 amide bonds. The van der Waals surface area contributed by atoms with Crippen LogP contribution in [0.2, 0.25) is 0 Å². The number of benzene rings is 9. The van der Waals surface area contributed by atoms with E-state index in [-0.39, 0.29) is 33.9 Å². The lowest BCUT2D eigenvalue weighted by Crippen LogP contribution is -2.61. The van der Waals surface area contributed by atoms with Crippen molar-refractivity contribution in [1.29, 1.82) is 0 Å². The molecule has 1 fully saturated rings. The van der Waals surface area contributed by atoms with E-state index in [9.17, 15) is 0 Å². The molecule has 0 N–H and O–H groups in total. The molecule has 9 aromatic carbocycles. The molecule has 0 spiro atoms. The molecule has 13 rings (SSSR count). The van der Waals surface area contributed by atoms with Crippen LogP contribution in [-0.4, -0.2) is 12.3 Å². The number of hydrogen-bond acceptors (Lipinski definition) is 3. The summed E-state index contributed by atoms with van der Waals surface area (Å²) in [5.41, 5.74) is 27.8. The van der Waals surface area contributed by atoms with Crippen molar-refractivity contribution >= 4 is 68.6 Å². The van der Waals surface area contributed by atoms with Gasteiger partial charge in [0.2, 0.25) is 0 Å². The lowest BCUT2D eigenvalue weighted by atomic mass is 9.33. The van der Waals surface area contributed by atoms with Crippen LogP contribution >= 0.6 is 0 Å². The summed E-state index contributed by atoms with van der Waals surface area (Å²) in [6.45, 7) is 28.5. The van der Waals surface area contributed by atoms with Crippen LogP contribution in [-0.2, 0) is 21.7 Å². The summed E-state index contributed by atoms with van der Waals surface area (Å²) in [6, 6.07) is 75.1. The van der Waals surface area contributed by atoms with Gasteiger partial charge in [-0.15, -0.1) is 0 Å². The highest BCUT2D eigenvalue weighted by Gasteiger charge is 2.58. The lowest BCUT2D eigenvalue weighted by molar-refractivity contribution is 0.195. The number of rotatable bonds is 6. The minimum absolute atomic E-state index is 0.000725. The second kappa shape index (κ2) is 18.2. The van der Waals surface area contributed by atoms with Crippen LogP contribution in [0.5, 0.6) is 0 Å². The highest BCUT2D eigenvalue weighted by Crippen LogP contribution is 2.62. The predicted molar refractivity (Wildman–Crippen MR) is 340 cm³/mol. The van der Waals surface area contributed by atoms with E-state index in [4.69, 9.17) is 0 Å². The normalized spacial score (nSPS) is 18.4. The Morgan fingerprint density at radius 2 is 0.937 bits per heavy atom. The molecule has 3 heterocycles. The molecule has 4 heteroatoms. The van der Waals surface area contributed by atoms with Gasteiger partial charge in [0.15, 0.2) is 0 Å². The molecular formula is C75H76BN3. The third kappa shape index (κ3) is 8.13. The zero-order chi connectivity index (χ0) is 55.0. The van der Waals surface area contributed by atoms with E-state index in [1.165, 1.54) is 142 Å². The molecular weight excluding hydrogens is 954 g/mol. The fourth-order valence-electron chi connectivity index (χ4n) is 14.3. The Bertz CT molecular complexity index is 3780. The second-order valence-electron chi connectivity index (χ2n) is 27.0. The quantitative estimate of drug-likeness (QED) is 0.154. The Balaban J connectivity index is 1.13. The highest BCUT2D eigenvalue weighted by atomic mass is 15.3. The first-order valence-electron chi connectivity index (χ1n) is 29.2. The van der Waals surface area contributed by atoms with Crippen LogP contribution in [0.3, 0.4) is 0 Å². The SMILES string of the molecule is Cc1cc2c3c(c1)N(c1c(-c4ccccc4)cc(C(C)(C)C)cc1-c1ccccc1)c1ccc(-c4ccccc4)cc1B3c1ccc(N3c4ccc(C(C)(C)C)cc4C4(C)CCCCC34C)cc1N2c1ccc(C(C)(C)C)cc1. The van der Waals surface area contributed by atoms with E-state index in [0.717, 1.165) is 6.42 Å². The standard InChI is InChI=1S/C75H76BN3/c1-49-42-67-69-68(43-49)78(70-59(51-26-18-14-19-27-51)45-56(73(8,9)10)46-60(70)52-28-20-15-21-29-52)65-38-30-53(50-24-16-13-17-25-50)44-63(65)76(69)62-37-36-58(48-66(62)77(67)57-34-31-54(32-35-57)71(2,3)4)79-64-39-33-55(72(5,6)7)47-61(64)74(11)40-22-23-41-75(74,79)12/h13-21,24-39,42-48H,22-23,40-41H2,1-12H3. The van der Waals surface area contributed by atoms with Crippen molar-refractivity contribution < 1.29 is 0 Å². The van der Waals surface area contributed by atoms with Gasteiger partial charge in [-0.3, -0.25) is 0 Å². The van der Waals surface area contributed by atoms with Crippen molar-refractivity contribution in [2.75, 3.05) is 14.7 Å². The summed E-state index contributed by atoms with van der Waals surface area (Å²) in [4.78, 5) is 8.09. The first-order chi connectivity index (χ1) is 37.7. The van der Waals surface area contributed by atoms with Gasteiger partial charge in [-0.1, -0.05) is 216 Å². The number of fused-ring (bicyclic) bond motifs is 7. The molecule has 3 aliphatic heterocycles. The summed E-state index contributed by atoms with van der Waals surface area (Å²) in [5.74, 6) is 0. The van der Waals surface area contributed by atoms with E-state index >= 15 is 0 Å². The minimum Gasteiger partial charge on any atom is -0.334 e. The van der Waals surface area contributed by atoms with E-state index in [2.05, 4.69) is 292 Å². The number of aryl methyl sites for hydroxylation is 1. The highest BCUT2D eigenvalue weighted by molar-refractivity contribution is 7.00. The molecule has 0 bridgehead atoms. The zero-order valence-corrected chi connectivity index (χ0v) is 48.7. The molecule has 9 aromatic rings. The Kier molecular flexibility index (Phi) is 11.8. The van der Waals surface area contributed by atoms with Crippen molar-refractivity contribution in [3.63, 3.8) is 0 Å². The molecule has 0 aromatic heterocycles. The van der Waals surface area contributed by atoms with Gasteiger partial charge in [-0.25, -0.2) is 0 Å². The Labute approximate surface area is 472 Å². The van der Waals surface area contributed by atoms with Gasteiger partial charge < -0.3 is 14.7 Å². The number of hydrogen-bond donors (Lipinski definition) is 0. The van der Waals surface area contributed by atoms with E-state index in [0.29, 0.717) is 0 Å². The lowest BCUT2D eigenvalue weighted by Gasteiger charge is -2.50. The van der Waals surface area contributed by atoms with E-state index < -0.39 is 0 Å². The van der Waals surface area contributed by atoms with Crippen molar-refractivity contribution in [2.24, 2.45) is 0 Å². The summed E-state index contributed by atoms with van der Waals surface area (Å²) in [7, 11) is 0. The topological polar surface area (TPSA) is 9.72 Å². The molecule has 3 nitrogen and oxygen atoms in total. The van der Waals surface area contributed by atoms with Crippen LogP contribution < -0.4 is 31.1 Å². The molecule has 1 aliphatic carbocycles. The van der Waals surface area contributed by atoms with Crippen LogP contribution in [0, 0.1) is 6.92 Å². The maximum atomic E-state index is 2.79. The summed E-state index contributed by atoms with van der Waals surface area (Å²) in [6.07, 6.45) is 4.81. The molecule has 4 aliphatic rings. The summed E-state index contributed by atoms with van der Waals surface area (Å²) in [5, 5.41) is 0. The zero-order valence-electron chi connectivity index (χ0n) is 48.7. The molecule has 0 radical (unpaired) electrons. The van der Waals surface area contributed by atoms with Crippen molar-refractivity contribution in [3.05, 3.63) is 222 Å². The smallest absolute Gasteiger partial charge is 0.252 e. The number of anilines is 8. The van der Waals surface area contributed by atoms with Gasteiger partial charge in [0, 0.05) is 56.4 Å². The molecule has 0 saturated heterocycles. The largest absolute Gasteiger partial charge is 0.334 e. The first kappa shape index (κ1) is 50.9. The van der Waals surface area contributed by atoms with Gasteiger partial charge >= 0.3 is 0 Å². The monoisotopic (exact) mass is 1030 g/mol. The Morgan fingerprint density at radius 3 is 1.53 bits per heavy atom. The average molecular weight is 1030 g/mol. The Morgan fingerprint density at radius 1 is 0.405 bits per heavy atom. The first-order valence-corrected chi connectivity index (χ1v) is 29.2. The van der Waals surface area contributed by atoms with Gasteiger partial charge in [0.1, 0.15) is 0 Å². The molecule has 1 saturated carbocycles. The maximum Gasteiger partial charge on any atom is 0.252 e. The van der Waals surface area contributed by atoms with Gasteiger partial charge in [-0.05, 0) is 170 Å². The third-order valence-corrected chi connectivity index (χ3v) is 18.9. The van der Waals surface area contributed by atoms with Gasteiger partial charge in [0.05, 0.1) is 11.2 Å². The molecule has 79 heavy (non-hydrogen) atoms. The number of nitrogens with zero attached hydrogens (tertiary/aromatic N) is 3. The van der Waals surface area contributed by atoms with Crippen LogP contribution in [0.1, 0.15) is 130 Å². The van der Waals surface area contributed by atoms with Crippen molar-refractivity contribution in [1.82, 2.24) is 0 Å². The molecule has 2 atom stereocenters. The maximum absolute atomic E-state index is 2.79.